The number of fused-ring (bicyclic) bond motifs is 2. The largest absolute Gasteiger partial charge is 0.354 e. The van der Waals surface area contributed by atoms with Crippen molar-refractivity contribution in [2.75, 3.05) is 42.9 Å². The maximum Gasteiger partial charge on any atom is 0.296 e. The summed E-state index contributed by atoms with van der Waals surface area (Å²) < 4.78 is 0. The number of Topliss-reactive ketones (excluding diaryl/α,β-unsaturated/α-hetero) is 1. The van der Waals surface area contributed by atoms with Crippen LogP contribution in [0.15, 0.2) is 54.6 Å². The number of aromatic nitrogens is 1. The van der Waals surface area contributed by atoms with Crippen LogP contribution in [0.1, 0.15) is 23.6 Å². The van der Waals surface area contributed by atoms with E-state index < -0.39 is 11.7 Å². The quantitative estimate of drug-likeness (QED) is 0.611. The van der Waals surface area contributed by atoms with Gasteiger partial charge in [0.05, 0.1) is 5.52 Å². The number of amides is 1. The fraction of sp³-hybridized carbons (Fsp3) is 0.296. The van der Waals surface area contributed by atoms with Crippen LogP contribution in [0.25, 0.3) is 16.5 Å². The summed E-state index contributed by atoms with van der Waals surface area (Å²) in [6, 6.07) is 15.5. The summed E-state index contributed by atoms with van der Waals surface area (Å²) in [5, 5.41) is 3.76. The lowest BCUT2D eigenvalue weighted by atomic mass is 10.0. The number of nitrogens with one attached hydrogen (secondary N) is 1. The number of carbonyl (C=O) groups is 2. The number of aryl methyl sites for hydroxylation is 1. The molecule has 6 nitrogen and oxygen atoms in total. The van der Waals surface area contributed by atoms with Gasteiger partial charge in [0.15, 0.2) is 0 Å². The second-order valence-corrected chi connectivity index (χ2v) is 8.71. The summed E-state index contributed by atoms with van der Waals surface area (Å²) in [5.41, 5.74) is 5.00. The molecule has 0 atom stereocenters. The molecule has 0 radical (unpaired) electrons. The zero-order valence-corrected chi connectivity index (χ0v) is 19.1. The number of piperazine rings is 1. The van der Waals surface area contributed by atoms with Gasteiger partial charge in [-0.05, 0) is 60.8 Å². The number of ketones is 1. The van der Waals surface area contributed by atoms with Crippen molar-refractivity contribution in [1.82, 2.24) is 9.88 Å². The number of likely N-dealkylation sites (N-methyl/N-ethyl adjacent to an activating group) is 1. The molecule has 5 rings (SSSR count). The zero-order chi connectivity index (χ0) is 22.9. The molecule has 1 amide bonds. The predicted molar refractivity (Wildman–Crippen MR) is 133 cm³/mol. The summed E-state index contributed by atoms with van der Waals surface area (Å²) in [7, 11) is 0. The van der Waals surface area contributed by atoms with Gasteiger partial charge in [0.2, 0.25) is 0 Å². The van der Waals surface area contributed by atoms with Crippen LogP contribution in [0.5, 0.6) is 0 Å². The van der Waals surface area contributed by atoms with E-state index in [0.717, 1.165) is 66.1 Å². The number of benzene rings is 2. The third-order valence-corrected chi connectivity index (χ3v) is 6.69. The highest BCUT2D eigenvalue weighted by Gasteiger charge is 2.25. The van der Waals surface area contributed by atoms with Gasteiger partial charge in [-0.2, -0.15) is 0 Å². The van der Waals surface area contributed by atoms with Gasteiger partial charge in [-0.25, -0.2) is 4.98 Å². The third-order valence-electron chi connectivity index (χ3n) is 6.69. The van der Waals surface area contributed by atoms with Gasteiger partial charge in [-0.3, -0.25) is 9.59 Å². The molecule has 1 aliphatic heterocycles. The second-order valence-electron chi connectivity index (χ2n) is 8.71. The molecule has 3 aromatic rings. The van der Waals surface area contributed by atoms with E-state index in [1.165, 1.54) is 0 Å². The molecule has 6 heteroatoms. The van der Waals surface area contributed by atoms with E-state index in [1.807, 2.05) is 48.5 Å². The van der Waals surface area contributed by atoms with Gasteiger partial charge < -0.3 is 15.1 Å². The maximum atomic E-state index is 12.8. The highest BCUT2D eigenvalue weighted by atomic mass is 16.2. The highest BCUT2D eigenvalue weighted by molar-refractivity contribution is 6.56. The van der Waals surface area contributed by atoms with Crippen molar-refractivity contribution >= 4 is 39.7 Å². The fourth-order valence-electron chi connectivity index (χ4n) is 4.72. The molecule has 1 N–H and O–H groups in total. The van der Waals surface area contributed by atoms with Crippen LogP contribution in [0, 0.1) is 6.92 Å². The van der Waals surface area contributed by atoms with E-state index in [-0.39, 0.29) is 0 Å². The molecule has 33 heavy (non-hydrogen) atoms. The second kappa shape index (κ2) is 8.79. The molecule has 0 spiro atoms. The van der Waals surface area contributed by atoms with Gasteiger partial charge in [0.1, 0.15) is 5.82 Å². The number of carbonyl (C=O) groups excluding carboxylic acids is 2. The topological polar surface area (TPSA) is 65.5 Å². The average molecular weight is 441 g/mol. The Morgan fingerprint density at radius 1 is 1.03 bits per heavy atom. The van der Waals surface area contributed by atoms with Crippen LogP contribution in [0.2, 0.25) is 0 Å². The summed E-state index contributed by atoms with van der Waals surface area (Å²) in [6.45, 7) is 9.39. The number of nitrogens with zero attached hydrogens (tertiary/aromatic N) is 3. The Balaban J connectivity index is 1.33. The van der Waals surface area contributed by atoms with Crippen LogP contribution in [-0.2, 0) is 16.0 Å². The van der Waals surface area contributed by atoms with E-state index in [1.54, 1.807) is 0 Å². The molecule has 0 saturated carbocycles. The number of hydrogen-bond acceptors (Lipinski definition) is 5. The van der Waals surface area contributed by atoms with Crippen LogP contribution in [0.4, 0.5) is 11.5 Å². The fourth-order valence-corrected chi connectivity index (χ4v) is 4.72. The minimum absolute atomic E-state index is 0.481. The molecule has 0 unspecified atom stereocenters. The molecule has 1 fully saturated rings. The molecule has 168 valence electrons. The minimum atomic E-state index is -0.617. The molecule has 2 heterocycles. The van der Waals surface area contributed by atoms with Crippen LogP contribution >= 0.6 is 0 Å². The SMILES string of the molecule is CCN1CCN(c2cc(C)c3cc(NC(=O)C(=O)C4=CCc5ccccc54)ccc3n2)CC1. The molecule has 2 aliphatic rings. The Kier molecular flexibility index (Phi) is 5.68. The van der Waals surface area contributed by atoms with Gasteiger partial charge in [-0.1, -0.05) is 37.3 Å². The molecular formula is C27H28N4O2. The molecule has 1 saturated heterocycles. The van der Waals surface area contributed by atoms with Crippen molar-refractivity contribution in [3.05, 3.63) is 71.3 Å². The maximum absolute atomic E-state index is 12.8. The normalized spacial score (nSPS) is 15.9. The number of rotatable bonds is 5. The van der Waals surface area contributed by atoms with E-state index in [9.17, 15) is 9.59 Å². The van der Waals surface area contributed by atoms with E-state index in [4.69, 9.17) is 4.98 Å². The van der Waals surface area contributed by atoms with Crippen molar-refractivity contribution in [3.8, 4) is 0 Å². The van der Waals surface area contributed by atoms with Crippen molar-refractivity contribution in [1.29, 1.82) is 0 Å². The lowest BCUT2D eigenvalue weighted by Crippen LogP contribution is -2.46. The molecule has 1 aliphatic carbocycles. The van der Waals surface area contributed by atoms with Crippen LogP contribution in [0.3, 0.4) is 0 Å². The van der Waals surface area contributed by atoms with E-state index in [0.29, 0.717) is 17.7 Å². The van der Waals surface area contributed by atoms with Crippen molar-refractivity contribution in [3.63, 3.8) is 0 Å². The number of pyridine rings is 1. The van der Waals surface area contributed by atoms with Gasteiger partial charge >= 0.3 is 0 Å². The van der Waals surface area contributed by atoms with Gasteiger partial charge in [-0.15, -0.1) is 0 Å². The summed E-state index contributed by atoms with van der Waals surface area (Å²) in [6.07, 6.45) is 2.52. The molecule has 1 aromatic heterocycles. The lowest BCUT2D eigenvalue weighted by molar-refractivity contribution is -0.131. The highest BCUT2D eigenvalue weighted by Crippen LogP contribution is 2.29. The zero-order valence-electron chi connectivity index (χ0n) is 19.1. The monoisotopic (exact) mass is 440 g/mol. The Morgan fingerprint density at radius 3 is 2.61 bits per heavy atom. The lowest BCUT2D eigenvalue weighted by Gasteiger charge is -2.35. The van der Waals surface area contributed by atoms with Crippen molar-refractivity contribution in [2.24, 2.45) is 0 Å². The first-order valence-corrected chi connectivity index (χ1v) is 11.6. The van der Waals surface area contributed by atoms with Crippen LogP contribution in [-0.4, -0.2) is 54.3 Å². The third kappa shape index (κ3) is 4.14. The Bertz CT molecular complexity index is 1270. The standard InChI is InChI=1S/C27H28N4O2/c1-3-30-12-14-31(15-13-30)25-16-18(2)23-17-20(9-11-24(23)29-25)28-27(33)26(32)22-10-8-19-6-4-5-7-21(19)22/h4-7,9-11,16-17H,3,8,12-15H2,1-2H3,(H,28,33). The summed E-state index contributed by atoms with van der Waals surface area (Å²) in [5.74, 6) is -0.126. The van der Waals surface area contributed by atoms with Crippen molar-refractivity contribution in [2.45, 2.75) is 20.3 Å². The first-order chi connectivity index (χ1) is 16.0. The first-order valence-electron chi connectivity index (χ1n) is 11.6. The van der Waals surface area contributed by atoms with E-state index in [2.05, 4.69) is 35.0 Å². The Morgan fingerprint density at radius 2 is 1.82 bits per heavy atom. The first kappa shape index (κ1) is 21.3. The molecule has 0 bridgehead atoms. The Labute approximate surface area is 193 Å². The van der Waals surface area contributed by atoms with Gasteiger partial charge in [0.25, 0.3) is 11.7 Å². The van der Waals surface area contributed by atoms with E-state index >= 15 is 0 Å². The summed E-state index contributed by atoms with van der Waals surface area (Å²) in [4.78, 5) is 35.2. The number of anilines is 2. The molecular weight excluding hydrogens is 412 g/mol. The average Bonchev–Trinajstić information content (AvgIpc) is 3.28. The number of hydrogen-bond donors (Lipinski definition) is 1. The molecule has 2 aromatic carbocycles. The summed E-state index contributed by atoms with van der Waals surface area (Å²) >= 11 is 0. The minimum Gasteiger partial charge on any atom is -0.354 e. The smallest absolute Gasteiger partial charge is 0.296 e. The van der Waals surface area contributed by atoms with Gasteiger partial charge in [0, 0.05) is 42.8 Å². The predicted octanol–water partition coefficient (Wildman–Crippen LogP) is 3.83. The Hall–Kier alpha value is -3.51. The van der Waals surface area contributed by atoms with Crippen LogP contribution < -0.4 is 10.2 Å². The van der Waals surface area contributed by atoms with Crippen molar-refractivity contribution < 1.29 is 9.59 Å². The number of allylic oxidation sites excluding steroid dienone is 1.